The number of pyridine rings is 1. The molecule has 0 spiro atoms. The molecule has 4 rings (SSSR count). The van der Waals surface area contributed by atoms with Gasteiger partial charge in [-0.15, -0.1) is 0 Å². The first-order chi connectivity index (χ1) is 12.9. The number of benzene rings is 1. The number of carbonyl (C=O) groups is 1. The van der Waals surface area contributed by atoms with Crippen molar-refractivity contribution in [2.24, 2.45) is 5.92 Å². The van der Waals surface area contributed by atoms with Crippen LogP contribution in [0.3, 0.4) is 0 Å². The van der Waals surface area contributed by atoms with Gasteiger partial charge in [0.05, 0.1) is 6.10 Å². The summed E-state index contributed by atoms with van der Waals surface area (Å²) in [6.07, 6.45) is 3.84. The highest BCUT2D eigenvalue weighted by molar-refractivity contribution is 5.88. The second kappa shape index (κ2) is 6.79. The van der Waals surface area contributed by atoms with Gasteiger partial charge < -0.3 is 5.11 Å². The van der Waals surface area contributed by atoms with Crippen LogP contribution < -0.4 is 0 Å². The van der Waals surface area contributed by atoms with Crippen molar-refractivity contribution in [1.82, 2.24) is 4.98 Å². The number of ketones is 1. The van der Waals surface area contributed by atoms with Gasteiger partial charge in [-0.3, -0.25) is 9.78 Å². The van der Waals surface area contributed by atoms with Crippen LogP contribution in [0, 0.1) is 5.92 Å². The van der Waals surface area contributed by atoms with Crippen molar-refractivity contribution in [2.75, 3.05) is 0 Å². The van der Waals surface area contributed by atoms with Gasteiger partial charge >= 0.3 is 5.92 Å². The Morgan fingerprint density at radius 1 is 1.26 bits per heavy atom. The average molecular weight is 371 g/mol. The summed E-state index contributed by atoms with van der Waals surface area (Å²) in [6.45, 7) is 1.45. The SMILES string of the molecule is C[C@H](O)c1cccc2c1C(F)(F)C(=O)CC(Cc1ccnc(C3CC3)c1)C2. The fourth-order valence-electron chi connectivity index (χ4n) is 4.14. The highest BCUT2D eigenvalue weighted by atomic mass is 19.3. The Bertz CT molecular complexity index is 874. The lowest BCUT2D eigenvalue weighted by molar-refractivity contribution is -0.145. The van der Waals surface area contributed by atoms with Crippen LogP contribution in [0.25, 0.3) is 0 Å². The molecule has 2 aromatic rings. The van der Waals surface area contributed by atoms with Gasteiger partial charge in [-0.1, -0.05) is 18.2 Å². The number of aliphatic hydroxyl groups excluding tert-OH is 1. The van der Waals surface area contributed by atoms with Gasteiger partial charge in [0, 0.05) is 29.8 Å². The second-order valence-electron chi connectivity index (χ2n) is 7.90. The summed E-state index contributed by atoms with van der Waals surface area (Å²) in [6, 6.07) is 8.78. The topological polar surface area (TPSA) is 50.2 Å². The number of hydrogen-bond donors (Lipinski definition) is 1. The van der Waals surface area contributed by atoms with E-state index in [0.29, 0.717) is 24.3 Å². The van der Waals surface area contributed by atoms with E-state index in [9.17, 15) is 18.7 Å². The summed E-state index contributed by atoms with van der Waals surface area (Å²) in [5.41, 5.74) is 2.43. The lowest BCUT2D eigenvalue weighted by Gasteiger charge is -2.21. The van der Waals surface area contributed by atoms with Crippen LogP contribution in [0.15, 0.2) is 36.5 Å². The van der Waals surface area contributed by atoms with E-state index in [1.54, 1.807) is 18.3 Å². The van der Waals surface area contributed by atoms with Crippen LogP contribution in [0.2, 0.25) is 0 Å². The van der Waals surface area contributed by atoms with Gasteiger partial charge in [0.1, 0.15) is 0 Å². The van der Waals surface area contributed by atoms with Gasteiger partial charge in [0.15, 0.2) is 0 Å². The number of Topliss-reactive ketones (excluding diaryl/α,β-unsaturated/α-hetero) is 1. The van der Waals surface area contributed by atoms with Gasteiger partial charge in [-0.2, -0.15) is 8.78 Å². The minimum atomic E-state index is -3.56. The number of aromatic nitrogens is 1. The maximum Gasteiger partial charge on any atom is 0.331 e. The van der Waals surface area contributed by atoms with E-state index in [1.807, 2.05) is 6.07 Å². The van der Waals surface area contributed by atoms with Crippen molar-refractivity contribution in [3.63, 3.8) is 0 Å². The van der Waals surface area contributed by atoms with E-state index in [1.165, 1.54) is 13.0 Å². The van der Waals surface area contributed by atoms with Crippen molar-refractivity contribution < 1.29 is 18.7 Å². The molecule has 1 aromatic heterocycles. The third kappa shape index (κ3) is 3.53. The summed E-state index contributed by atoms with van der Waals surface area (Å²) < 4.78 is 29.8. The average Bonchev–Trinajstić information content (AvgIpc) is 3.46. The fourth-order valence-corrected chi connectivity index (χ4v) is 4.14. The lowest BCUT2D eigenvalue weighted by atomic mass is 9.89. The molecule has 27 heavy (non-hydrogen) atoms. The van der Waals surface area contributed by atoms with Crippen molar-refractivity contribution >= 4 is 5.78 Å². The van der Waals surface area contributed by atoms with Gasteiger partial charge in [-0.05, 0) is 67.3 Å². The molecule has 1 heterocycles. The zero-order valence-corrected chi connectivity index (χ0v) is 15.3. The Balaban J connectivity index is 1.66. The molecule has 1 saturated carbocycles. The molecular formula is C22H23F2NO2. The maximum absolute atomic E-state index is 14.9. The number of halogens is 2. The van der Waals surface area contributed by atoms with Crippen LogP contribution in [0.5, 0.6) is 0 Å². The number of nitrogens with zero attached hydrogens (tertiary/aromatic N) is 1. The van der Waals surface area contributed by atoms with Gasteiger partial charge in [0.2, 0.25) is 5.78 Å². The van der Waals surface area contributed by atoms with E-state index in [2.05, 4.69) is 11.1 Å². The number of fused-ring (bicyclic) bond motifs is 1. The number of rotatable bonds is 4. The maximum atomic E-state index is 14.9. The first-order valence-corrected chi connectivity index (χ1v) is 9.52. The molecule has 1 fully saturated rings. The van der Waals surface area contributed by atoms with Crippen molar-refractivity contribution in [3.8, 4) is 0 Å². The quantitative estimate of drug-likeness (QED) is 0.807. The Morgan fingerprint density at radius 3 is 2.74 bits per heavy atom. The van der Waals surface area contributed by atoms with Crippen LogP contribution >= 0.6 is 0 Å². The van der Waals surface area contributed by atoms with E-state index in [0.717, 1.165) is 24.1 Å². The summed E-state index contributed by atoms with van der Waals surface area (Å²) >= 11 is 0. The molecule has 0 amide bonds. The van der Waals surface area contributed by atoms with E-state index in [-0.39, 0.29) is 23.5 Å². The monoisotopic (exact) mass is 371 g/mol. The minimum Gasteiger partial charge on any atom is -0.389 e. The number of carbonyl (C=O) groups excluding carboxylic acids is 1. The Labute approximate surface area is 157 Å². The van der Waals surface area contributed by atoms with Crippen LogP contribution in [0.1, 0.15) is 66.2 Å². The van der Waals surface area contributed by atoms with Crippen LogP contribution in [-0.4, -0.2) is 15.9 Å². The molecule has 2 aliphatic rings. The normalized spacial score (nSPS) is 22.8. The van der Waals surface area contributed by atoms with Gasteiger partial charge in [0.25, 0.3) is 0 Å². The zero-order valence-electron chi connectivity index (χ0n) is 15.3. The second-order valence-corrected chi connectivity index (χ2v) is 7.90. The summed E-state index contributed by atoms with van der Waals surface area (Å²) in [5, 5.41) is 9.93. The molecule has 0 bridgehead atoms. The molecule has 0 radical (unpaired) electrons. The molecule has 142 valence electrons. The standard InChI is InChI=1S/C22H23F2NO2/c1-13(26)18-4-2-3-17-10-15(12-20(27)22(23,24)21(17)18)9-14-7-8-25-19(11-14)16-5-6-16/h2-4,7-8,11,13,15-16,26H,5-6,9-10,12H2,1H3/t13-,15?/m0/s1. The molecule has 2 aliphatic carbocycles. The van der Waals surface area contributed by atoms with Crippen molar-refractivity contribution in [1.29, 1.82) is 0 Å². The predicted molar refractivity (Wildman–Crippen MR) is 97.7 cm³/mol. The lowest BCUT2D eigenvalue weighted by Crippen LogP contribution is -2.28. The molecule has 1 aromatic carbocycles. The molecular weight excluding hydrogens is 348 g/mol. The molecule has 5 heteroatoms. The van der Waals surface area contributed by atoms with Crippen LogP contribution in [0.4, 0.5) is 8.78 Å². The highest BCUT2D eigenvalue weighted by Gasteiger charge is 2.47. The Hall–Kier alpha value is -2.14. The molecule has 2 atom stereocenters. The molecule has 1 unspecified atom stereocenters. The number of alkyl halides is 2. The van der Waals surface area contributed by atoms with Gasteiger partial charge in [-0.25, -0.2) is 0 Å². The largest absolute Gasteiger partial charge is 0.389 e. The molecule has 0 saturated heterocycles. The molecule has 1 N–H and O–H groups in total. The summed E-state index contributed by atoms with van der Waals surface area (Å²) in [4.78, 5) is 16.8. The first-order valence-electron chi connectivity index (χ1n) is 9.52. The fraction of sp³-hybridized carbons (Fsp3) is 0.455. The molecule has 3 nitrogen and oxygen atoms in total. The first kappa shape index (κ1) is 18.2. The number of aliphatic hydroxyl groups is 1. The van der Waals surface area contributed by atoms with E-state index in [4.69, 9.17) is 0 Å². The Morgan fingerprint density at radius 2 is 2.04 bits per heavy atom. The smallest absolute Gasteiger partial charge is 0.331 e. The summed E-state index contributed by atoms with van der Waals surface area (Å²) in [7, 11) is 0. The molecule has 0 aliphatic heterocycles. The highest BCUT2D eigenvalue weighted by Crippen LogP contribution is 2.43. The summed E-state index contributed by atoms with van der Waals surface area (Å²) in [5.74, 6) is -4.28. The van der Waals surface area contributed by atoms with Crippen LogP contribution in [-0.2, 0) is 23.6 Å². The number of hydrogen-bond acceptors (Lipinski definition) is 3. The third-order valence-corrected chi connectivity index (χ3v) is 5.65. The van der Waals surface area contributed by atoms with E-state index >= 15 is 0 Å². The van der Waals surface area contributed by atoms with Crippen molar-refractivity contribution in [3.05, 3.63) is 64.5 Å². The zero-order chi connectivity index (χ0) is 19.2. The van der Waals surface area contributed by atoms with Crippen molar-refractivity contribution in [2.45, 2.75) is 57.0 Å². The minimum absolute atomic E-state index is 0.145. The Kier molecular flexibility index (Phi) is 4.58. The van der Waals surface area contributed by atoms with E-state index < -0.39 is 17.8 Å². The predicted octanol–water partition coefficient (Wildman–Crippen LogP) is 4.48. The third-order valence-electron chi connectivity index (χ3n) is 5.65.